The van der Waals surface area contributed by atoms with E-state index in [4.69, 9.17) is 0 Å². The minimum absolute atomic E-state index is 0. The lowest BCUT2D eigenvalue weighted by Crippen LogP contribution is -2.44. The summed E-state index contributed by atoms with van der Waals surface area (Å²) >= 11 is 0. The number of anilines is 1. The van der Waals surface area contributed by atoms with Crippen LogP contribution in [0.4, 0.5) is 10.1 Å². The maximum atomic E-state index is 13.6. The first kappa shape index (κ1) is 16.2. The number of carbonyl (C=O) groups is 1. The second-order valence-electron chi connectivity index (χ2n) is 6.10. The van der Waals surface area contributed by atoms with Gasteiger partial charge in [0, 0.05) is 17.8 Å². The third-order valence-corrected chi connectivity index (χ3v) is 5.01. The molecule has 1 aliphatic heterocycles. The van der Waals surface area contributed by atoms with Gasteiger partial charge in [-0.2, -0.15) is 0 Å². The van der Waals surface area contributed by atoms with E-state index in [1.165, 1.54) is 12.5 Å². The molecule has 2 atom stereocenters. The Kier molecular flexibility index (Phi) is 4.89. The Morgan fingerprint density at radius 1 is 1.43 bits per heavy atom. The summed E-state index contributed by atoms with van der Waals surface area (Å²) in [6.45, 7) is 3.38. The van der Waals surface area contributed by atoms with E-state index in [-0.39, 0.29) is 29.5 Å². The second-order valence-corrected chi connectivity index (χ2v) is 6.10. The Balaban J connectivity index is 0.00000161. The zero-order valence-corrected chi connectivity index (χ0v) is 13.1. The van der Waals surface area contributed by atoms with Gasteiger partial charge in [0.25, 0.3) is 0 Å². The van der Waals surface area contributed by atoms with Crippen LogP contribution < -0.4 is 10.6 Å². The van der Waals surface area contributed by atoms with Crippen molar-refractivity contribution in [3.8, 4) is 0 Å². The molecule has 0 unspecified atom stereocenters. The predicted octanol–water partition coefficient (Wildman–Crippen LogP) is 3.27. The molecule has 0 radical (unpaired) electrons. The molecule has 2 N–H and O–H groups in total. The van der Waals surface area contributed by atoms with E-state index in [1.54, 1.807) is 19.1 Å². The maximum absolute atomic E-state index is 13.6. The van der Waals surface area contributed by atoms with Crippen LogP contribution in [0.2, 0.25) is 0 Å². The average Bonchev–Trinajstić information content (AvgIpc) is 2.89. The number of benzene rings is 1. The van der Waals surface area contributed by atoms with Gasteiger partial charge in [-0.3, -0.25) is 4.79 Å². The van der Waals surface area contributed by atoms with E-state index < -0.39 is 0 Å². The van der Waals surface area contributed by atoms with Crippen LogP contribution in [0, 0.1) is 24.1 Å². The van der Waals surface area contributed by atoms with Crippen molar-refractivity contribution in [2.45, 2.75) is 32.6 Å². The van der Waals surface area contributed by atoms with E-state index in [2.05, 4.69) is 10.6 Å². The van der Waals surface area contributed by atoms with Crippen LogP contribution in [0.3, 0.4) is 0 Å². The van der Waals surface area contributed by atoms with Crippen molar-refractivity contribution in [3.63, 3.8) is 0 Å². The molecular weight excluding hydrogens is 291 g/mol. The highest BCUT2D eigenvalue weighted by Crippen LogP contribution is 2.44. The molecule has 1 heterocycles. The van der Waals surface area contributed by atoms with E-state index in [0.29, 0.717) is 17.2 Å². The summed E-state index contributed by atoms with van der Waals surface area (Å²) in [7, 11) is 0. The molecule has 0 bridgehead atoms. The van der Waals surface area contributed by atoms with Gasteiger partial charge in [0.05, 0.1) is 5.41 Å². The quantitative estimate of drug-likeness (QED) is 0.880. The summed E-state index contributed by atoms with van der Waals surface area (Å²) < 4.78 is 13.6. The molecule has 0 aromatic heterocycles. The molecule has 3 rings (SSSR count). The molecule has 1 aromatic carbocycles. The highest BCUT2D eigenvalue weighted by molar-refractivity contribution is 5.96. The Bertz CT molecular complexity index is 537. The summed E-state index contributed by atoms with van der Waals surface area (Å²) in [5.74, 6) is 0.205. The van der Waals surface area contributed by atoms with Crippen molar-refractivity contribution in [3.05, 3.63) is 29.6 Å². The van der Waals surface area contributed by atoms with Crippen molar-refractivity contribution in [1.29, 1.82) is 0 Å². The normalized spacial score (nSPS) is 27.6. The van der Waals surface area contributed by atoms with Gasteiger partial charge in [0.15, 0.2) is 0 Å². The van der Waals surface area contributed by atoms with Gasteiger partial charge in [-0.25, -0.2) is 4.39 Å². The first-order valence-corrected chi connectivity index (χ1v) is 7.41. The van der Waals surface area contributed by atoms with E-state index in [1.807, 2.05) is 0 Å². The number of carbonyl (C=O) groups excluding carboxylic acids is 1. The first-order valence-electron chi connectivity index (χ1n) is 7.41. The number of amides is 1. The largest absolute Gasteiger partial charge is 0.325 e. The van der Waals surface area contributed by atoms with Gasteiger partial charge in [-0.15, -0.1) is 12.4 Å². The summed E-state index contributed by atoms with van der Waals surface area (Å²) in [6, 6.07) is 4.83. The average molecular weight is 313 g/mol. The van der Waals surface area contributed by atoms with E-state index >= 15 is 0 Å². The molecule has 1 amide bonds. The molecular formula is C16H22ClFN2O. The van der Waals surface area contributed by atoms with Crippen molar-refractivity contribution in [2.24, 2.45) is 11.3 Å². The van der Waals surface area contributed by atoms with E-state index in [9.17, 15) is 9.18 Å². The summed E-state index contributed by atoms with van der Waals surface area (Å²) in [5.41, 5.74) is 0.813. The Morgan fingerprint density at radius 3 is 3.05 bits per heavy atom. The zero-order valence-electron chi connectivity index (χ0n) is 12.2. The van der Waals surface area contributed by atoms with Crippen LogP contribution in [0.5, 0.6) is 0 Å². The molecule has 1 saturated carbocycles. The highest BCUT2D eigenvalue weighted by atomic mass is 35.5. The molecule has 116 valence electrons. The smallest absolute Gasteiger partial charge is 0.232 e. The molecule has 3 nitrogen and oxygen atoms in total. The lowest BCUT2D eigenvalue weighted by molar-refractivity contribution is -0.128. The molecule has 2 aliphatic rings. The third kappa shape index (κ3) is 2.79. The van der Waals surface area contributed by atoms with E-state index in [0.717, 1.165) is 32.4 Å². The molecule has 1 aliphatic carbocycles. The number of halogens is 2. The van der Waals surface area contributed by atoms with Crippen LogP contribution in [0.15, 0.2) is 18.2 Å². The van der Waals surface area contributed by atoms with Crippen LogP contribution in [-0.2, 0) is 4.79 Å². The van der Waals surface area contributed by atoms with Crippen molar-refractivity contribution < 1.29 is 9.18 Å². The van der Waals surface area contributed by atoms with Gasteiger partial charge in [-0.1, -0.05) is 18.9 Å². The van der Waals surface area contributed by atoms with Gasteiger partial charge in [0.2, 0.25) is 5.91 Å². The fraction of sp³-hybridized carbons (Fsp3) is 0.562. The minimum atomic E-state index is -0.295. The van der Waals surface area contributed by atoms with Gasteiger partial charge in [0.1, 0.15) is 5.82 Å². The maximum Gasteiger partial charge on any atom is 0.232 e. The van der Waals surface area contributed by atoms with Crippen molar-refractivity contribution in [2.75, 3.05) is 18.4 Å². The SMILES string of the molecule is Cc1c(F)cccc1NC(=O)[C@@]12CCCC[C@H]1CNC2.Cl. The molecule has 5 heteroatoms. The monoisotopic (exact) mass is 312 g/mol. The number of hydrogen-bond donors (Lipinski definition) is 2. The number of rotatable bonds is 2. The fourth-order valence-electron chi connectivity index (χ4n) is 3.68. The summed E-state index contributed by atoms with van der Waals surface area (Å²) in [4.78, 5) is 12.8. The lowest BCUT2D eigenvalue weighted by Gasteiger charge is -2.37. The zero-order chi connectivity index (χ0) is 14.2. The molecule has 2 fully saturated rings. The standard InChI is InChI=1S/C16H21FN2O.ClH/c1-11-13(17)6-4-7-14(11)19-15(20)16-8-3-2-5-12(16)9-18-10-16;/h4,6-7,12,18H,2-3,5,8-10H2,1H3,(H,19,20);1H/t12-,16+;/m0./s1. The molecule has 1 aromatic rings. The van der Waals surface area contributed by atoms with Gasteiger partial charge >= 0.3 is 0 Å². The summed E-state index contributed by atoms with van der Waals surface area (Å²) in [6.07, 6.45) is 4.36. The fourth-order valence-corrected chi connectivity index (χ4v) is 3.68. The highest BCUT2D eigenvalue weighted by Gasteiger charge is 2.49. The van der Waals surface area contributed by atoms with Gasteiger partial charge < -0.3 is 10.6 Å². The first-order chi connectivity index (χ1) is 9.63. The molecule has 0 spiro atoms. The van der Waals surface area contributed by atoms with Crippen LogP contribution in [0.1, 0.15) is 31.2 Å². The Labute approximate surface area is 131 Å². The van der Waals surface area contributed by atoms with Crippen LogP contribution >= 0.6 is 12.4 Å². The Hall–Kier alpha value is -1.13. The van der Waals surface area contributed by atoms with Gasteiger partial charge in [-0.05, 0) is 44.4 Å². The third-order valence-electron chi connectivity index (χ3n) is 5.01. The van der Waals surface area contributed by atoms with Crippen LogP contribution in [0.25, 0.3) is 0 Å². The predicted molar refractivity (Wildman–Crippen MR) is 84.3 cm³/mol. The molecule has 1 saturated heterocycles. The topological polar surface area (TPSA) is 41.1 Å². The number of fused-ring (bicyclic) bond motifs is 1. The van der Waals surface area contributed by atoms with Crippen molar-refractivity contribution >= 4 is 24.0 Å². The minimum Gasteiger partial charge on any atom is -0.325 e. The van der Waals surface area contributed by atoms with Crippen LogP contribution in [-0.4, -0.2) is 19.0 Å². The Morgan fingerprint density at radius 2 is 2.24 bits per heavy atom. The summed E-state index contributed by atoms with van der Waals surface area (Å²) in [5, 5.41) is 6.33. The van der Waals surface area contributed by atoms with Crippen molar-refractivity contribution in [1.82, 2.24) is 5.32 Å². The lowest BCUT2D eigenvalue weighted by atomic mass is 9.67. The molecule has 21 heavy (non-hydrogen) atoms. The second kappa shape index (κ2) is 6.32. The number of hydrogen-bond acceptors (Lipinski definition) is 2. The number of nitrogens with one attached hydrogen (secondary N) is 2.